The van der Waals surface area contributed by atoms with Gasteiger partial charge in [-0.15, -0.1) is 0 Å². The van der Waals surface area contributed by atoms with Crippen molar-refractivity contribution in [1.29, 1.82) is 0 Å². The van der Waals surface area contributed by atoms with Gasteiger partial charge >= 0.3 is 0 Å². The zero-order valence-electron chi connectivity index (χ0n) is 9.82. The van der Waals surface area contributed by atoms with E-state index in [0.29, 0.717) is 11.4 Å². The van der Waals surface area contributed by atoms with Crippen LogP contribution in [0.15, 0.2) is 6.07 Å². The van der Waals surface area contributed by atoms with Crippen molar-refractivity contribution in [1.82, 2.24) is 9.97 Å². The number of rotatable bonds is 2. The second-order valence-electron chi connectivity index (χ2n) is 4.42. The van der Waals surface area contributed by atoms with Crippen molar-refractivity contribution in [3.05, 3.63) is 22.3 Å². The highest BCUT2D eigenvalue weighted by atomic mass is 32.1. The zero-order chi connectivity index (χ0) is 11.8. The number of aromatic nitrogens is 2. The molecule has 0 aliphatic heterocycles. The van der Waals surface area contributed by atoms with Crippen LogP contribution in [0.1, 0.15) is 47.2 Å². The standard InChI is InChI=1S/C13H14N2OS/c1-2-11(16)13-15-10-7-8-5-3-4-6-9(8)14-12(10)17-13/h7H,2-6H2,1H3. The van der Waals surface area contributed by atoms with Gasteiger partial charge in [-0.05, 0) is 37.3 Å². The number of ketones is 1. The van der Waals surface area contributed by atoms with Gasteiger partial charge in [0.15, 0.2) is 10.8 Å². The molecule has 88 valence electrons. The molecular formula is C13H14N2OS. The van der Waals surface area contributed by atoms with Crippen LogP contribution in [-0.4, -0.2) is 15.8 Å². The first-order chi connectivity index (χ1) is 8.28. The number of Topliss-reactive ketones (excluding diaryl/α,β-unsaturated/α-hetero) is 1. The lowest BCUT2D eigenvalue weighted by Crippen LogP contribution is -2.04. The molecular weight excluding hydrogens is 232 g/mol. The van der Waals surface area contributed by atoms with E-state index in [1.54, 1.807) is 0 Å². The van der Waals surface area contributed by atoms with Gasteiger partial charge in [-0.25, -0.2) is 9.97 Å². The second kappa shape index (κ2) is 4.18. The molecule has 0 atom stereocenters. The van der Waals surface area contributed by atoms with E-state index in [-0.39, 0.29) is 5.78 Å². The third-order valence-electron chi connectivity index (χ3n) is 3.22. The van der Waals surface area contributed by atoms with Crippen molar-refractivity contribution < 1.29 is 4.79 Å². The molecule has 17 heavy (non-hydrogen) atoms. The van der Waals surface area contributed by atoms with Crippen LogP contribution in [0, 0.1) is 0 Å². The SMILES string of the molecule is CCC(=O)c1nc2cc3c(nc2s1)CCCC3. The second-order valence-corrected chi connectivity index (χ2v) is 5.40. The maximum absolute atomic E-state index is 11.6. The molecule has 2 aromatic heterocycles. The van der Waals surface area contributed by atoms with Gasteiger partial charge in [0.25, 0.3) is 0 Å². The maximum atomic E-state index is 11.6. The Balaban J connectivity index is 2.12. The molecule has 0 saturated carbocycles. The summed E-state index contributed by atoms with van der Waals surface area (Å²) in [5.74, 6) is 0.117. The van der Waals surface area contributed by atoms with Crippen molar-refractivity contribution in [2.24, 2.45) is 0 Å². The van der Waals surface area contributed by atoms with Gasteiger partial charge < -0.3 is 0 Å². The lowest BCUT2D eigenvalue weighted by molar-refractivity contribution is 0.0988. The van der Waals surface area contributed by atoms with Crippen molar-refractivity contribution in [3.8, 4) is 0 Å². The van der Waals surface area contributed by atoms with Crippen molar-refractivity contribution >= 4 is 27.5 Å². The summed E-state index contributed by atoms with van der Waals surface area (Å²) >= 11 is 1.43. The van der Waals surface area contributed by atoms with Crippen LogP contribution >= 0.6 is 11.3 Å². The molecule has 0 spiro atoms. The van der Waals surface area contributed by atoms with Gasteiger partial charge in [-0.3, -0.25) is 4.79 Å². The molecule has 0 bridgehead atoms. The summed E-state index contributed by atoms with van der Waals surface area (Å²) in [6, 6.07) is 2.12. The van der Waals surface area contributed by atoms with Gasteiger partial charge in [0.05, 0.1) is 0 Å². The quantitative estimate of drug-likeness (QED) is 0.764. The Hall–Kier alpha value is -1.29. The molecule has 1 aliphatic rings. The number of carbonyl (C=O) groups is 1. The van der Waals surface area contributed by atoms with E-state index in [4.69, 9.17) is 0 Å². The highest BCUT2D eigenvalue weighted by Crippen LogP contribution is 2.27. The summed E-state index contributed by atoms with van der Waals surface area (Å²) in [6.07, 6.45) is 5.16. The normalized spacial score (nSPS) is 14.9. The fourth-order valence-electron chi connectivity index (χ4n) is 2.25. The van der Waals surface area contributed by atoms with Crippen LogP contribution in [0.4, 0.5) is 0 Å². The molecule has 0 radical (unpaired) electrons. The lowest BCUT2D eigenvalue weighted by Gasteiger charge is -2.13. The van der Waals surface area contributed by atoms with Crippen LogP contribution in [0.5, 0.6) is 0 Å². The van der Waals surface area contributed by atoms with Crippen molar-refractivity contribution in [2.75, 3.05) is 0 Å². The molecule has 0 fully saturated rings. The number of fused-ring (bicyclic) bond motifs is 2. The first-order valence-corrected chi connectivity index (χ1v) is 6.92. The molecule has 0 aromatic carbocycles. The maximum Gasteiger partial charge on any atom is 0.191 e. The van der Waals surface area contributed by atoms with E-state index in [1.165, 1.54) is 35.4 Å². The molecule has 3 nitrogen and oxygen atoms in total. The van der Waals surface area contributed by atoms with Crippen LogP contribution < -0.4 is 0 Å². The average Bonchev–Trinajstić information content (AvgIpc) is 2.77. The highest BCUT2D eigenvalue weighted by Gasteiger charge is 2.16. The summed E-state index contributed by atoms with van der Waals surface area (Å²) in [4.78, 5) is 21.6. The van der Waals surface area contributed by atoms with Crippen LogP contribution in [0.2, 0.25) is 0 Å². The molecule has 0 amide bonds. The number of aryl methyl sites for hydroxylation is 2. The van der Waals surface area contributed by atoms with Crippen molar-refractivity contribution in [3.63, 3.8) is 0 Å². The van der Waals surface area contributed by atoms with Crippen LogP contribution in [0.3, 0.4) is 0 Å². The number of carbonyl (C=O) groups excluding carboxylic acids is 1. The average molecular weight is 246 g/mol. The van der Waals surface area contributed by atoms with E-state index in [1.807, 2.05) is 6.92 Å². The van der Waals surface area contributed by atoms with Crippen LogP contribution in [-0.2, 0) is 12.8 Å². The highest BCUT2D eigenvalue weighted by molar-refractivity contribution is 7.19. The summed E-state index contributed by atoms with van der Waals surface area (Å²) in [7, 11) is 0. The third kappa shape index (κ3) is 1.86. The fourth-order valence-corrected chi connectivity index (χ4v) is 3.20. The van der Waals surface area contributed by atoms with Gasteiger partial charge in [0.2, 0.25) is 0 Å². The molecule has 4 heteroatoms. The monoisotopic (exact) mass is 246 g/mol. The largest absolute Gasteiger partial charge is 0.292 e. The Bertz CT molecular complexity index is 545. The Kier molecular flexibility index (Phi) is 2.67. The molecule has 2 heterocycles. The summed E-state index contributed by atoms with van der Waals surface area (Å²) in [5.41, 5.74) is 3.43. The van der Waals surface area contributed by atoms with Crippen LogP contribution in [0.25, 0.3) is 10.3 Å². The summed E-state index contributed by atoms with van der Waals surface area (Å²) < 4.78 is 0. The van der Waals surface area contributed by atoms with Gasteiger partial charge in [0.1, 0.15) is 10.3 Å². The van der Waals surface area contributed by atoms with E-state index in [0.717, 1.165) is 23.2 Å². The number of hydrogen-bond acceptors (Lipinski definition) is 4. The topological polar surface area (TPSA) is 42.9 Å². The molecule has 3 rings (SSSR count). The van der Waals surface area contributed by atoms with E-state index < -0.39 is 0 Å². The zero-order valence-corrected chi connectivity index (χ0v) is 10.6. The number of thiazole rings is 1. The van der Waals surface area contributed by atoms with Gasteiger partial charge in [-0.2, -0.15) is 0 Å². The Labute approximate surface area is 104 Å². The first kappa shape index (κ1) is 10.8. The lowest BCUT2D eigenvalue weighted by atomic mass is 9.96. The Morgan fingerprint density at radius 3 is 3.00 bits per heavy atom. The van der Waals surface area contributed by atoms with Crippen molar-refractivity contribution in [2.45, 2.75) is 39.0 Å². The predicted molar refractivity (Wildman–Crippen MR) is 68.7 cm³/mol. The number of hydrogen-bond donors (Lipinski definition) is 0. The minimum Gasteiger partial charge on any atom is -0.292 e. The molecule has 1 aliphatic carbocycles. The minimum atomic E-state index is 0.117. The van der Waals surface area contributed by atoms with Gasteiger partial charge in [0, 0.05) is 12.1 Å². The Morgan fingerprint density at radius 1 is 1.35 bits per heavy atom. The minimum absolute atomic E-state index is 0.117. The third-order valence-corrected chi connectivity index (χ3v) is 4.23. The molecule has 2 aromatic rings. The first-order valence-electron chi connectivity index (χ1n) is 6.10. The molecule has 0 N–H and O–H groups in total. The number of pyridine rings is 1. The summed E-state index contributed by atoms with van der Waals surface area (Å²) in [5, 5.41) is 0.609. The smallest absolute Gasteiger partial charge is 0.191 e. The predicted octanol–water partition coefficient (Wildman–Crippen LogP) is 3.16. The van der Waals surface area contributed by atoms with E-state index in [2.05, 4.69) is 16.0 Å². The van der Waals surface area contributed by atoms with E-state index in [9.17, 15) is 4.79 Å². The van der Waals surface area contributed by atoms with E-state index >= 15 is 0 Å². The molecule has 0 saturated heterocycles. The fraction of sp³-hybridized carbons (Fsp3) is 0.462. The van der Waals surface area contributed by atoms with Gasteiger partial charge in [-0.1, -0.05) is 18.3 Å². The molecule has 0 unspecified atom stereocenters. The number of nitrogens with zero attached hydrogens (tertiary/aromatic N) is 2. The summed E-state index contributed by atoms with van der Waals surface area (Å²) in [6.45, 7) is 1.87. The Morgan fingerprint density at radius 2 is 2.18 bits per heavy atom.